The van der Waals surface area contributed by atoms with Crippen LogP contribution in [0.3, 0.4) is 0 Å². The molecule has 0 radical (unpaired) electrons. The largest absolute Gasteiger partial charge is 0.0656 e. The molecule has 21 heavy (non-hydrogen) atoms. The second-order valence-electron chi connectivity index (χ2n) is 5.01. The first-order chi connectivity index (χ1) is 9.69. The van der Waals surface area contributed by atoms with E-state index < -0.39 is 0 Å². The average molecular weight is 337 g/mol. The second kappa shape index (κ2) is 16.4. The van der Waals surface area contributed by atoms with Crippen LogP contribution in [0.4, 0.5) is 0 Å². The molecule has 127 valence electrons. The fourth-order valence-electron chi connectivity index (χ4n) is 2.15. The Kier molecular flexibility index (Phi) is 18.3. The molecule has 1 rings (SSSR count). The van der Waals surface area contributed by atoms with Gasteiger partial charge in [-0.1, -0.05) is 27.7 Å². The van der Waals surface area contributed by atoms with E-state index in [-0.39, 0.29) is 8.85 Å². The molecular formula is C17H38N2OV. The molecule has 0 aliphatic carbocycles. The molecule has 4 heteroatoms. The van der Waals surface area contributed by atoms with Crippen LogP contribution in [0.25, 0.3) is 0 Å². The van der Waals surface area contributed by atoms with E-state index in [1.165, 1.54) is 30.2 Å². The van der Waals surface area contributed by atoms with Crippen molar-refractivity contribution in [2.45, 2.75) is 59.9 Å². The molecule has 1 aliphatic heterocycles. The number of nitrogens with one attached hydrogen (secondary N) is 1. The summed E-state index contributed by atoms with van der Waals surface area (Å²) in [6.45, 7) is 15.0. The molecule has 1 aliphatic rings. The predicted octanol–water partition coefficient (Wildman–Crippen LogP) is 3.63. The average Bonchev–Trinajstić information content (AvgIpc) is 2.89. The van der Waals surface area contributed by atoms with Crippen LogP contribution in [0.5, 0.6) is 0 Å². The Morgan fingerprint density at radius 3 is 2.71 bits per heavy atom. The van der Waals surface area contributed by atoms with Crippen LogP contribution in [0.15, 0.2) is 12.7 Å². The van der Waals surface area contributed by atoms with Crippen molar-refractivity contribution in [1.82, 2.24) is 10.2 Å². The molecule has 3 nitrogen and oxygen atoms in total. The van der Waals surface area contributed by atoms with Gasteiger partial charge in [-0.3, -0.25) is 0 Å². The number of likely N-dealkylation sites (tertiary alicyclic amines) is 1. The molecule has 1 saturated heterocycles. The number of ether oxygens (including phenoxy) is 1. The van der Waals surface area contributed by atoms with Gasteiger partial charge in [0.1, 0.15) is 0 Å². The van der Waals surface area contributed by atoms with E-state index in [0.29, 0.717) is 6.04 Å². The van der Waals surface area contributed by atoms with Gasteiger partial charge in [-0.25, -0.2) is 0 Å². The molecule has 0 amide bonds. The SMILES string of the molecule is C.C=C[C@@H]1CCCN1CC[C](=[V])NCCOCC.CCC.[HH]. The van der Waals surface area contributed by atoms with Crippen molar-refractivity contribution in [1.29, 1.82) is 0 Å². The number of nitrogens with zero attached hydrogens (tertiary/aromatic N) is 1. The van der Waals surface area contributed by atoms with Gasteiger partial charge < -0.3 is 0 Å². The third-order valence-corrected chi connectivity index (χ3v) is 3.70. The molecule has 0 aromatic carbocycles. The van der Waals surface area contributed by atoms with Crippen molar-refractivity contribution < 1.29 is 23.1 Å². The zero-order chi connectivity index (χ0) is 15.2. The minimum Gasteiger partial charge on any atom is -0.0656 e. The van der Waals surface area contributed by atoms with Crippen molar-refractivity contribution in [2.24, 2.45) is 0 Å². The van der Waals surface area contributed by atoms with Gasteiger partial charge in [0.25, 0.3) is 0 Å². The maximum Gasteiger partial charge on any atom is 0 e. The van der Waals surface area contributed by atoms with Gasteiger partial charge in [-0.2, -0.15) is 0 Å². The number of hydrogen-bond donors (Lipinski definition) is 1. The van der Waals surface area contributed by atoms with E-state index in [0.717, 1.165) is 32.7 Å². The minimum absolute atomic E-state index is 0. The van der Waals surface area contributed by atoms with Crippen molar-refractivity contribution >= 4 is 4.35 Å². The van der Waals surface area contributed by atoms with Crippen molar-refractivity contribution in [3.8, 4) is 0 Å². The molecule has 0 saturated carbocycles. The predicted molar refractivity (Wildman–Crippen MR) is 93.7 cm³/mol. The summed E-state index contributed by atoms with van der Waals surface area (Å²) in [4.78, 5) is 2.52. The van der Waals surface area contributed by atoms with Gasteiger partial charge in [0.05, 0.1) is 0 Å². The first-order valence-electron chi connectivity index (χ1n) is 7.92. The molecule has 1 atom stereocenters. The Bertz CT molecular complexity index is 265. The first kappa shape index (κ1) is 23.3. The first-order valence-corrected chi connectivity index (χ1v) is 8.62. The summed E-state index contributed by atoms with van der Waals surface area (Å²) in [5.41, 5.74) is 0. The Balaban J connectivity index is -0.000000666. The maximum atomic E-state index is 5.29. The van der Waals surface area contributed by atoms with E-state index in [1.807, 2.05) is 6.92 Å². The van der Waals surface area contributed by atoms with E-state index in [1.54, 1.807) is 0 Å². The van der Waals surface area contributed by atoms with E-state index in [4.69, 9.17) is 4.74 Å². The van der Waals surface area contributed by atoms with Crippen LogP contribution in [0, 0.1) is 0 Å². The zero-order valence-corrected chi connectivity index (χ0v) is 14.9. The topological polar surface area (TPSA) is 24.5 Å². The summed E-state index contributed by atoms with van der Waals surface area (Å²) >= 11 is 2.64. The minimum atomic E-state index is 0. The summed E-state index contributed by atoms with van der Waals surface area (Å²) in [5.74, 6) is 0. The van der Waals surface area contributed by atoms with Crippen LogP contribution in [-0.4, -0.2) is 48.1 Å². The van der Waals surface area contributed by atoms with Crippen LogP contribution >= 0.6 is 0 Å². The molecule has 0 unspecified atom stereocenters. The summed E-state index contributed by atoms with van der Waals surface area (Å²) in [7, 11) is 0. The van der Waals surface area contributed by atoms with Crippen molar-refractivity contribution in [3.05, 3.63) is 12.7 Å². The summed E-state index contributed by atoms with van der Waals surface area (Å²) in [5, 5.41) is 3.39. The Hall–Kier alpha value is 0.0744. The smallest absolute Gasteiger partial charge is 0 e. The van der Waals surface area contributed by atoms with Crippen molar-refractivity contribution in [2.75, 3.05) is 32.8 Å². The van der Waals surface area contributed by atoms with Gasteiger partial charge in [-0.15, -0.1) is 0 Å². The van der Waals surface area contributed by atoms with Gasteiger partial charge in [0, 0.05) is 1.43 Å². The van der Waals surface area contributed by atoms with Crippen LogP contribution in [0.2, 0.25) is 0 Å². The second-order valence-corrected chi connectivity index (χ2v) is 5.85. The fraction of sp³-hybridized carbons (Fsp3) is 0.824. The van der Waals surface area contributed by atoms with Gasteiger partial charge in [0.2, 0.25) is 0 Å². The van der Waals surface area contributed by atoms with E-state index in [9.17, 15) is 0 Å². The zero-order valence-electron chi connectivity index (χ0n) is 13.5. The summed E-state index contributed by atoms with van der Waals surface area (Å²) in [6, 6.07) is 0.596. The molecule has 1 N–H and O–H groups in total. The maximum absolute atomic E-state index is 5.29. The molecule has 1 fully saturated rings. The Morgan fingerprint density at radius 1 is 1.48 bits per heavy atom. The molecule has 0 spiro atoms. The van der Waals surface area contributed by atoms with Crippen LogP contribution in [0.1, 0.15) is 55.3 Å². The monoisotopic (exact) mass is 337 g/mol. The van der Waals surface area contributed by atoms with E-state index >= 15 is 0 Å². The molecular weight excluding hydrogens is 299 g/mol. The normalized spacial score (nSPS) is 17.5. The van der Waals surface area contributed by atoms with Crippen LogP contribution < -0.4 is 5.32 Å². The summed E-state index contributed by atoms with van der Waals surface area (Å²) < 4.78 is 6.59. The van der Waals surface area contributed by atoms with E-state index in [2.05, 4.69) is 53.7 Å². The summed E-state index contributed by atoms with van der Waals surface area (Å²) in [6.07, 6.45) is 7.01. The van der Waals surface area contributed by atoms with Crippen molar-refractivity contribution in [3.63, 3.8) is 0 Å². The van der Waals surface area contributed by atoms with Crippen LogP contribution in [-0.2, 0) is 21.7 Å². The Morgan fingerprint density at radius 2 is 2.14 bits per heavy atom. The quantitative estimate of drug-likeness (QED) is 0.514. The number of hydrogen-bond acceptors (Lipinski definition) is 3. The van der Waals surface area contributed by atoms with Gasteiger partial charge >= 0.3 is 114 Å². The molecule has 1 heterocycles. The molecule has 0 aromatic rings. The van der Waals surface area contributed by atoms with Gasteiger partial charge in [0.15, 0.2) is 0 Å². The standard InChI is InChI=1S/C13H24N2O.C3H8.CH4.V.H2/c1-3-13-7-5-10-15(13)11-6-8-14-9-12-16-4-2;1-3-2;;;/h3,13-14H,1,4-7,9-12H2,2H3;3H2,1-2H3;1H4;;1H/t13-;;;;/m1..../s1. The Labute approximate surface area is 143 Å². The third kappa shape index (κ3) is 12.3. The van der Waals surface area contributed by atoms with Gasteiger partial charge in [-0.05, 0) is 0 Å². The molecule has 0 bridgehead atoms. The third-order valence-electron chi connectivity index (χ3n) is 3.10. The number of rotatable bonds is 9. The molecule has 0 aromatic heterocycles. The fourth-order valence-corrected chi connectivity index (χ4v) is 2.48.